The fraction of sp³-hybridized carbons (Fsp3) is 0.182. The Kier molecular flexibility index (Phi) is 3.55. The number of hydrogen-bond donors (Lipinski definition) is 0. The van der Waals surface area contributed by atoms with Crippen molar-refractivity contribution in [2.75, 3.05) is 0 Å². The van der Waals surface area contributed by atoms with Crippen molar-refractivity contribution in [3.05, 3.63) is 57.0 Å². The molecule has 3 aliphatic rings. The molecule has 0 N–H and O–H groups in total. The SMILES string of the molecule is N#CC(C#N)=C1CC2C=Cc3cc(=C(C#N)C#N)cc4c3=C2C(C=C4)C1. The Morgan fingerprint density at radius 2 is 1.27 bits per heavy atom. The van der Waals surface area contributed by atoms with E-state index in [0.29, 0.717) is 18.1 Å². The Morgan fingerprint density at radius 1 is 0.769 bits per heavy atom. The van der Waals surface area contributed by atoms with Gasteiger partial charge in [-0.15, -0.1) is 0 Å². The van der Waals surface area contributed by atoms with Crippen molar-refractivity contribution >= 4 is 23.3 Å². The average molecular weight is 332 g/mol. The van der Waals surface area contributed by atoms with Gasteiger partial charge in [0.05, 0.1) is 0 Å². The zero-order valence-electron chi connectivity index (χ0n) is 13.8. The van der Waals surface area contributed by atoms with Crippen molar-refractivity contribution in [1.29, 1.82) is 21.0 Å². The molecule has 0 heterocycles. The highest BCUT2D eigenvalue weighted by Crippen LogP contribution is 2.43. The number of hydrogen-bond acceptors (Lipinski definition) is 4. The molecule has 4 heteroatoms. The molecule has 0 spiro atoms. The van der Waals surface area contributed by atoms with Crippen LogP contribution in [0, 0.1) is 57.2 Å². The van der Waals surface area contributed by atoms with Crippen LogP contribution >= 0.6 is 0 Å². The second kappa shape index (κ2) is 5.89. The van der Waals surface area contributed by atoms with Gasteiger partial charge in [-0.1, -0.05) is 24.3 Å². The molecule has 1 fully saturated rings. The van der Waals surface area contributed by atoms with E-state index in [2.05, 4.69) is 12.2 Å². The normalized spacial score (nSPS) is 20.9. The Balaban J connectivity index is 1.98. The molecule has 120 valence electrons. The molecule has 0 aliphatic heterocycles. The monoisotopic (exact) mass is 332 g/mol. The van der Waals surface area contributed by atoms with Crippen LogP contribution in [0.15, 0.2) is 35.4 Å². The predicted molar refractivity (Wildman–Crippen MR) is 96.3 cm³/mol. The van der Waals surface area contributed by atoms with Crippen LogP contribution in [0.2, 0.25) is 0 Å². The summed E-state index contributed by atoms with van der Waals surface area (Å²) in [6.45, 7) is 0. The Labute approximate surface area is 150 Å². The largest absolute Gasteiger partial charge is 0.192 e. The Hall–Kier alpha value is -3.86. The zero-order valence-corrected chi connectivity index (χ0v) is 13.8. The minimum atomic E-state index is 0.113. The maximum absolute atomic E-state index is 9.20. The highest BCUT2D eigenvalue weighted by atomic mass is 14.4. The molecule has 4 nitrogen and oxygen atoms in total. The van der Waals surface area contributed by atoms with Crippen LogP contribution in [0.4, 0.5) is 0 Å². The van der Waals surface area contributed by atoms with Gasteiger partial charge in [0.2, 0.25) is 0 Å². The molecule has 26 heavy (non-hydrogen) atoms. The molecular weight excluding hydrogens is 320 g/mol. The summed E-state index contributed by atoms with van der Waals surface area (Å²) in [5, 5.41) is 38.6. The van der Waals surface area contributed by atoms with Gasteiger partial charge in [0, 0.05) is 17.1 Å². The summed E-state index contributed by atoms with van der Waals surface area (Å²) >= 11 is 0. The van der Waals surface area contributed by atoms with Crippen molar-refractivity contribution in [1.82, 2.24) is 0 Å². The van der Waals surface area contributed by atoms with Crippen LogP contribution in [-0.4, -0.2) is 0 Å². The van der Waals surface area contributed by atoms with Gasteiger partial charge in [0.1, 0.15) is 35.4 Å². The van der Waals surface area contributed by atoms with E-state index < -0.39 is 0 Å². The van der Waals surface area contributed by atoms with Gasteiger partial charge < -0.3 is 0 Å². The van der Waals surface area contributed by atoms with E-state index >= 15 is 0 Å². The van der Waals surface area contributed by atoms with Gasteiger partial charge in [0.15, 0.2) is 0 Å². The van der Waals surface area contributed by atoms with Crippen molar-refractivity contribution in [2.24, 2.45) is 11.8 Å². The second-order valence-electron chi connectivity index (χ2n) is 6.63. The van der Waals surface area contributed by atoms with Crippen molar-refractivity contribution in [2.45, 2.75) is 12.8 Å². The van der Waals surface area contributed by atoms with E-state index in [1.807, 2.05) is 48.6 Å². The van der Waals surface area contributed by atoms with Gasteiger partial charge in [-0.3, -0.25) is 0 Å². The summed E-state index contributed by atoms with van der Waals surface area (Å²) in [5.41, 5.74) is 4.64. The third-order valence-corrected chi connectivity index (χ3v) is 5.33. The quantitative estimate of drug-likeness (QED) is 0.682. The number of allylic oxidation sites excluding steroid dienone is 4. The molecule has 1 aromatic rings. The highest BCUT2D eigenvalue weighted by molar-refractivity contribution is 5.80. The van der Waals surface area contributed by atoms with Crippen LogP contribution in [0.1, 0.15) is 24.0 Å². The molecule has 2 unspecified atom stereocenters. The van der Waals surface area contributed by atoms with E-state index in [4.69, 9.17) is 10.5 Å². The number of nitrogens with zero attached hydrogens (tertiary/aromatic N) is 4. The summed E-state index contributed by atoms with van der Waals surface area (Å²) in [6, 6.07) is 11.8. The first-order chi connectivity index (χ1) is 12.7. The van der Waals surface area contributed by atoms with Gasteiger partial charge in [-0.05, 0) is 52.5 Å². The summed E-state index contributed by atoms with van der Waals surface area (Å²) in [7, 11) is 0. The number of nitriles is 4. The van der Waals surface area contributed by atoms with Gasteiger partial charge >= 0.3 is 0 Å². The van der Waals surface area contributed by atoms with Gasteiger partial charge in [-0.25, -0.2) is 0 Å². The fourth-order valence-electron chi connectivity index (χ4n) is 4.23. The third kappa shape index (κ3) is 2.18. The number of rotatable bonds is 0. The molecule has 0 saturated heterocycles. The van der Waals surface area contributed by atoms with Crippen molar-refractivity contribution in [3.8, 4) is 24.3 Å². The van der Waals surface area contributed by atoms with Crippen molar-refractivity contribution < 1.29 is 0 Å². The standard InChI is InChI=1S/C22H12N4/c23-9-19(10-24)17-5-13-1-2-14-6-18(20(11-25)12-26)8-16-4-3-15(7-17)21(13)22(14)16/h1-5,7,14,16H,6,8H2. The minimum Gasteiger partial charge on any atom is -0.192 e. The maximum Gasteiger partial charge on any atom is 0.136 e. The van der Waals surface area contributed by atoms with Crippen molar-refractivity contribution in [3.63, 3.8) is 0 Å². The molecule has 3 aliphatic carbocycles. The summed E-state index contributed by atoms with van der Waals surface area (Å²) in [5.74, 6) is 0.357. The second-order valence-corrected chi connectivity index (χ2v) is 6.63. The van der Waals surface area contributed by atoms with E-state index in [1.54, 1.807) is 0 Å². The maximum atomic E-state index is 9.20. The Bertz CT molecular complexity index is 1140. The average Bonchev–Trinajstić information content (AvgIpc) is 2.67. The first-order valence-electron chi connectivity index (χ1n) is 8.31. The smallest absolute Gasteiger partial charge is 0.136 e. The van der Waals surface area contributed by atoms with E-state index in [-0.39, 0.29) is 23.0 Å². The molecule has 4 rings (SSSR count). The topological polar surface area (TPSA) is 95.2 Å². The van der Waals surface area contributed by atoms with Crippen LogP contribution < -0.4 is 10.4 Å². The molecule has 0 amide bonds. The van der Waals surface area contributed by atoms with Gasteiger partial charge in [0.25, 0.3) is 0 Å². The molecule has 1 saturated carbocycles. The van der Waals surface area contributed by atoms with E-state index in [1.165, 1.54) is 10.8 Å². The number of benzene rings is 1. The third-order valence-electron chi connectivity index (χ3n) is 5.33. The summed E-state index contributed by atoms with van der Waals surface area (Å²) in [4.78, 5) is 0. The molecule has 0 radical (unpaired) electrons. The lowest BCUT2D eigenvalue weighted by atomic mass is 9.68. The molecule has 1 aromatic carbocycles. The Morgan fingerprint density at radius 3 is 1.73 bits per heavy atom. The minimum absolute atomic E-state index is 0.113. The van der Waals surface area contributed by atoms with Crippen LogP contribution in [0.5, 0.6) is 0 Å². The lowest BCUT2D eigenvalue weighted by Crippen LogP contribution is -2.33. The lowest BCUT2D eigenvalue weighted by molar-refractivity contribution is 0.609. The predicted octanol–water partition coefficient (Wildman–Crippen LogP) is 2.46. The van der Waals surface area contributed by atoms with Crippen LogP contribution in [0.25, 0.3) is 23.3 Å². The molecule has 2 atom stereocenters. The first kappa shape index (κ1) is 15.7. The van der Waals surface area contributed by atoms with E-state index in [9.17, 15) is 10.5 Å². The van der Waals surface area contributed by atoms with Gasteiger partial charge in [-0.2, -0.15) is 21.0 Å². The molecule has 0 bridgehead atoms. The van der Waals surface area contributed by atoms with Crippen LogP contribution in [0.3, 0.4) is 0 Å². The zero-order chi connectivity index (χ0) is 18.3. The molecule has 0 aromatic heterocycles. The first-order valence-corrected chi connectivity index (χ1v) is 8.31. The lowest BCUT2D eigenvalue weighted by Gasteiger charge is -2.36. The fourth-order valence-corrected chi connectivity index (χ4v) is 4.23. The summed E-state index contributed by atoms with van der Waals surface area (Å²) < 4.78 is 0. The highest BCUT2D eigenvalue weighted by Gasteiger charge is 2.33. The molecular formula is C22H12N4. The van der Waals surface area contributed by atoms with E-state index in [0.717, 1.165) is 16.7 Å². The summed E-state index contributed by atoms with van der Waals surface area (Å²) in [6.07, 6.45) is 9.67. The van der Waals surface area contributed by atoms with Crippen LogP contribution in [-0.2, 0) is 0 Å².